The Bertz CT molecular complexity index is 493. The normalized spacial score (nSPS) is 12.6. The fourth-order valence-corrected chi connectivity index (χ4v) is 2.59. The van der Waals surface area contributed by atoms with Crippen molar-refractivity contribution in [2.75, 3.05) is 13.3 Å². The molecule has 0 saturated carbocycles. The van der Waals surface area contributed by atoms with Crippen molar-refractivity contribution < 1.29 is 0 Å². The molecule has 1 aromatic heterocycles. The third-order valence-electron chi connectivity index (χ3n) is 2.77. The van der Waals surface area contributed by atoms with Gasteiger partial charge in [-0.3, -0.25) is 4.68 Å². The highest BCUT2D eigenvalue weighted by Crippen LogP contribution is 2.28. The van der Waals surface area contributed by atoms with Gasteiger partial charge in [-0.25, -0.2) is 0 Å². The number of thioether (sulfide) groups is 1. The summed E-state index contributed by atoms with van der Waals surface area (Å²) in [6.07, 6.45) is 4.07. The van der Waals surface area contributed by atoms with Crippen molar-refractivity contribution in [3.05, 3.63) is 47.8 Å². The lowest BCUT2D eigenvalue weighted by atomic mass is 10.0. The summed E-state index contributed by atoms with van der Waals surface area (Å²) < 4.78 is 1.83. The van der Waals surface area contributed by atoms with Crippen LogP contribution in [-0.4, -0.2) is 23.1 Å². The lowest BCUT2D eigenvalue weighted by molar-refractivity contribution is 0.634. The smallest absolute Gasteiger partial charge is 0.0839 e. The number of nitrogens with one attached hydrogen (secondary N) is 1. The standard InChI is InChI=1S/C13H17N3S/c1-14-13(11-8-9-16(2)15-11)10-6-4-5-7-12(10)17-3/h4-9,13-14H,1-3H3. The predicted octanol–water partition coefficient (Wildman–Crippen LogP) is 2.45. The van der Waals surface area contributed by atoms with E-state index in [-0.39, 0.29) is 6.04 Å². The molecule has 0 amide bonds. The maximum atomic E-state index is 4.48. The Morgan fingerprint density at radius 3 is 2.65 bits per heavy atom. The molecule has 1 aromatic carbocycles. The van der Waals surface area contributed by atoms with Crippen LogP contribution in [0.3, 0.4) is 0 Å². The average Bonchev–Trinajstić information content (AvgIpc) is 2.77. The molecule has 0 aliphatic carbocycles. The second-order valence-corrected chi connectivity index (χ2v) is 4.73. The number of hydrogen-bond donors (Lipinski definition) is 1. The van der Waals surface area contributed by atoms with Crippen molar-refractivity contribution in [2.24, 2.45) is 7.05 Å². The molecule has 1 N–H and O–H groups in total. The first-order valence-corrected chi connectivity index (χ1v) is 6.78. The molecule has 0 radical (unpaired) electrons. The van der Waals surface area contributed by atoms with E-state index >= 15 is 0 Å². The van der Waals surface area contributed by atoms with Gasteiger partial charge in [0.1, 0.15) is 0 Å². The van der Waals surface area contributed by atoms with Crippen molar-refractivity contribution >= 4 is 11.8 Å². The van der Waals surface area contributed by atoms with Crippen LogP contribution in [0.25, 0.3) is 0 Å². The molecule has 0 bridgehead atoms. The third-order valence-corrected chi connectivity index (χ3v) is 3.58. The van der Waals surface area contributed by atoms with Gasteiger partial charge in [-0.15, -0.1) is 11.8 Å². The molecule has 90 valence electrons. The number of benzene rings is 1. The molecule has 0 spiro atoms. The molecule has 0 saturated heterocycles. The Morgan fingerprint density at radius 1 is 1.29 bits per heavy atom. The minimum Gasteiger partial charge on any atom is -0.308 e. The number of aryl methyl sites for hydroxylation is 1. The van der Waals surface area contributed by atoms with E-state index in [1.807, 2.05) is 25.0 Å². The van der Waals surface area contributed by atoms with E-state index in [1.54, 1.807) is 11.8 Å². The third kappa shape index (κ3) is 2.53. The van der Waals surface area contributed by atoms with Gasteiger partial charge in [-0.05, 0) is 31.0 Å². The van der Waals surface area contributed by atoms with E-state index in [2.05, 4.69) is 47.0 Å². The molecule has 0 aliphatic heterocycles. The van der Waals surface area contributed by atoms with E-state index in [0.717, 1.165) is 5.69 Å². The van der Waals surface area contributed by atoms with E-state index in [1.165, 1.54) is 10.5 Å². The van der Waals surface area contributed by atoms with Crippen molar-refractivity contribution in [1.29, 1.82) is 0 Å². The van der Waals surface area contributed by atoms with Crippen molar-refractivity contribution in [3.8, 4) is 0 Å². The van der Waals surface area contributed by atoms with Crippen molar-refractivity contribution in [3.63, 3.8) is 0 Å². The second-order valence-electron chi connectivity index (χ2n) is 3.88. The molecule has 1 unspecified atom stereocenters. The van der Waals surface area contributed by atoms with Gasteiger partial charge in [0.25, 0.3) is 0 Å². The van der Waals surface area contributed by atoms with Crippen LogP contribution in [0, 0.1) is 0 Å². The molecule has 1 heterocycles. The largest absolute Gasteiger partial charge is 0.308 e. The van der Waals surface area contributed by atoms with Crippen LogP contribution in [-0.2, 0) is 7.05 Å². The zero-order valence-electron chi connectivity index (χ0n) is 10.3. The van der Waals surface area contributed by atoms with Gasteiger partial charge in [-0.2, -0.15) is 5.10 Å². The first-order valence-electron chi connectivity index (χ1n) is 5.56. The Morgan fingerprint density at radius 2 is 2.06 bits per heavy atom. The van der Waals surface area contributed by atoms with E-state index in [9.17, 15) is 0 Å². The van der Waals surface area contributed by atoms with Crippen LogP contribution in [0.5, 0.6) is 0 Å². The predicted molar refractivity (Wildman–Crippen MR) is 72.3 cm³/mol. The number of rotatable bonds is 4. The minimum atomic E-state index is 0.153. The molecular weight excluding hydrogens is 230 g/mol. The Hall–Kier alpha value is -1.26. The fourth-order valence-electron chi connectivity index (χ4n) is 1.95. The lowest BCUT2D eigenvalue weighted by Crippen LogP contribution is -2.19. The number of aromatic nitrogens is 2. The number of nitrogens with zero attached hydrogens (tertiary/aromatic N) is 2. The summed E-state index contributed by atoms with van der Waals surface area (Å²) in [5.74, 6) is 0. The summed E-state index contributed by atoms with van der Waals surface area (Å²) in [6, 6.07) is 10.6. The zero-order valence-corrected chi connectivity index (χ0v) is 11.2. The Kier molecular flexibility index (Phi) is 3.86. The molecule has 4 heteroatoms. The van der Waals surface area contributed by atoms with Crippen LogP contribution < -0.4 is 5.32 Å². The van der Waals surface area contributed by atoms with Crippen LogP contribution in [0.1, 0.15) is 17.3 Å². The highest BCUT2D eigenvalue weighted by molar-refractivity contribution is 7.98. The van der Waals surface area contributed by atoms with Crippen molar-refractivity contribution in [1.82, 2.24) is 15.1 Å². The van der Waals surface area contributed by atoms with Gasteiger partial charge in [-0.1, -0.05) is 18.2 Å². The van der Waals surface area contributed by atoms with E-state index in [0.29, 0.717) is 0 Å². The topological polar surface area (TPSA) is 29.9 Å². The molecule has 2 aromatic rings. The fraction of sp³-hybridized carbons (Fsp3) is 0.308. The molecule has 17 heavy (non-hydrogen) atoms. The van der Waals surface area contributed by atoms with Gasteiger partial charge >= 0.3 is 0 Å². The molecule has 0 aliphatic rings. The Balaban J connectivity index is 2.41. The Labute approximate surface area is 106 Å². The van der Waals surface area contributed by atoms with Crippen LogP contribution >= 0.6 is 11.8 Å². The molecule has 1 atom stereocenters. The van der Waals surface area contributed by atoms with Gasteiger partial charge in [0, 0.05) is 18.1 Å². The highest BCUT2D eigenvalue weighted by Gasteiger charge is 2.17. The lowest BCUT2D eigenvalue weighted by Gasteiger charge is -2.17. The summed E-state index contributed by atoms with van der Waals surface area (Å²) >= 11 is 1.77. The maximum Gasteiger partial charge on any atom is 0.0839 e. The first kappa shape index (κ1) is 12.2. The summed E-state index contributed by atoms with van der Waals surface area (Å²) in [5, 5.41) is 7.81. The summed E-state index contributed by atoms with van der Waals surface area (Å²) in [5.41, 5.74) is 2.33. The molecule has 3 nitrogen and oxygen atoms in total. The average molecular weight is 247 g/mol. The quantitative estimate of drug-likeness (QED) is 0.842. The molecule has 2 rings (SSSR count). The maximum absolute atomic E-state index is 4.48. The van der Waals surface area contributed by atoms with Gasteiger partial charge in [0.05, 0.1) is 11.7 Å². The second kappa shape index (κ2) is 5.38. The van der Waals surface area contributed by atoms with Crippen molar-refractivity contribution in [2.45, 2.75) is 10.9 Å². The monoisotopic (exact) mass is 247 g/mol. The van der Waals surface area contributed by atoms with Crippen LogP contribution in [0.2, 0.25) is 0 Å². The first-order chi connectivity index (χ1) is 8.26. The van der Waals surface area contributed by atoms with E-state index < -0.39 is 0 Å². The van der Waals surface area contributed by atoms with Gasteiger partial charge < -0.3 is 5.32 Å². The molecular formula is C13H17N3S. The molecule has 0 fully saturated rings. The van der Waals surface area contributed by atoms with E-state index in [4.69, 9.17) is 0 Å². The summed E-state index contributed by atoms with van der Waals surface area (Å²) in [7, 11) is 3.91. The minimum absolute atomic E-state index is 0.153. The van der Waals surface area contributed by atoms with Gasteiger partial charge in [0.2, 0.25) is 0 Å². The summed E-state index contributed by atoms with van der Waals surface area (Å²) in [6.45, 7) is 0. The SMILES string of the molecule is CNC(c1ccn(C)n1)c1ccccc1SC. The zero-order chi connectivity index (χ0) is 12.3. The highest BCUT2D eigenvalue weighted by atomic mass is 32.2. The van der Waals surface area contributed by atoms with Crippen LogP contribution in [0.4, 0.5) is 0 Å². The van der Waals surface area contributed by atoms with Crippen LogP contribution in [0.15, 0.2) is 41.4 Å². The number of hydrogen-bond acceptors (Lipinski definition) is 3. The van der Waals surface area contributed by atoms with Gasteiger partial charge in [0.15, 0.2) is 0 Å². The summed E-state index contributed by atoms with van der Waals surface area (Å²) in [4.78, 5) is 1.29.